The van der Waals surface area contributed by atoms with Crippen LogP contribution in [0.15, 0.2) is 12.2 Å². The van der Waals surface area contributed by atoms with E-state index in [-0.39, 0.29) is 0 Å². The van der Waals surface area contributed by atoms with Crippen LogP contribution in [0.5, 0.6) is 0 Å². The van der Waals surface area contributed by atoms with Gasteiger partial charge in [-0.1, -0.05) is 80.0 Å². The van der Waals surface area contributed by atoms with Gasteiger partial charge in [0, 0.05) is 5.33 Å². The van der Waals surface area contributed by atoms with Gasteiger partial charge in [-0.25, -0.2) is 0 Å². The minimum absolute atomic E-state index is 1.10. The second-order valence-electron chi connectivity index (χ2n) is 4.21. The normalized spacial score (nSPS) is 11.3. The Labute approximate surface area is 105 Å². The van der Waals surface area contributed by atoms with Gasteiger partial charge in [0.2, 0.25) is 0 Å². The monoisotopic (exact) mass is 274 g/mol. The molecule has 0 aromatic heterocycles. The molecule has 0 saturated heterocycles. The molecule has 0 atom stereocenters. The number of rotatable bonds is 11. The third-order valence-corrected chi connectivity index (χ3v) is 3.12. The van der Waals surface area contributed by atoms with Gasteiger partial charge in [-0.15, -0.1) is 0 Å². The van der Waals surface area contributed by atoms with Crippen molar-refractivity contribution < 1.29 is 0 Å². The van der Waals surface area contributed by atoms with Crippen LogP contribution in [0, 0.1) is 0 Å². The maximum atomic E-state index is 3.42. The molecule has 0 aromatic carbocycles. The van der Waals surface area contributed by atoms with E-state index in [1.165, 1.54) is 64.2 Å². The Kier molecular flexibility index (Phi) is 14.4. The fourth-order valence-electron chi connectivity index (χ4n) is 1.69. The Morgan fingerprint density at radius 3 is 1.87 bits per heavy atom. The van der Waals surface area contributed by atoms with Crippen LogP contribution < -0.4 is 0 Å². The summed E-state index contributed by atoms with van der Waals surface area (Å²) >= 11 is 3.42. The largest absolute Gasteiger partial charge is 0.0925 e. The van der Waals surface area contributed by atoms with Crippen LogP contribution in [0.1, 0.15) is 71.1 Å². The van der Waals surface area contributed by atoms with Crippen molar-refractivity contribution in [1.29, 1.82) is 0 Å². The van der Waals surface area contributed by atoms with Crippen molar-refractivity contribution in [1.82, 2.24) is 0 Å². The van der Waals surface area contributed by atoms with Gasteiger partial charge in [-0.05, 0) is 19.3 Å². The van der Waals surface area contributed by atoms with Crippen LogP contribution in [0.3, 0.4) is 0 Å². The van der Waals surface area contributed by atoms with Crippen molar-refractivity contribution in [2.24, 2.45) is 0 Å². The minimum Gasteiger partial charge on any atom is -0.0925 e. The highest BCUT2D eigenvalue weighted by atomic mass is 79.9. The van der Waals surface area contributed by atoms with Crippen molar-refractivity contribution >= 4 is 15.9 Å². The Morgan fingerprint density at radius 2 is 1.27 bits per heavy atom. The van der Waals surface area contributed by atoms with Gasteiger partial charge in [-0.2, -0.15) is 0 Å². The maximum Gasteiger partial charge on any atom is 0.00659 e. The molecule has 0 amide bonds. The summed E-state index contributed by atoms with van der Waals surface area (Å²) in [5.41, 5.74) is 0. The highest BCUT2D eigenvalue weighted by Crippen LogP contribution is 2.09. The van der Waals surface area contributed by atoms with Crippen molar-refractivity contribution in [3.63, 3.8) is 0 Å². The lowest BCUT2D eigenvalue weighted by atomic mass is 10.1. The van der Waals surface area contributed by atoms with Gasteiger partial charge < -0.3 is 0 Å². The van der Waals surface area contributed by atoms with Gasteiger partial charge in [0.15, 0.2) is 0 Å². The molecule has 0 bridgehead atoms. The van der Waals surface area contributed by atoms with Crippen LogP contribution in [-0.4, -0.2) is 5.33 Å². The molecule has 0 saturated carbocycles. The summed E-state index contributed by atoms with van der Waals surface area (Å²) in [6, 6.07) is 0. The van der Waals surface area contributed by atoms with E-state index in [0.29, 0.717) is 0 Å². The molecule has 0 N–H and O–H groups in total. The first-order chi connectivity index (χ1) is 7.41. The summed E-state index contributed by atoms with van der Waals surface area (Å²) in [7, 11) is 0. The molecule has 1 heteroatoms. The molecule has 0 aromatic rings. The molecule has 0 spiro atoms. The molecule has 0 aliphatic heterocycles. The van der Waals surface area contributed by atoms with E-state index < -0.39 is 0 Å². The van der Waals surface area contributed by atoms with E-state index in [4.69, 9.17) is 0 Å². The Balaban J connectivity index is 2.92. The highest BCUT2D eigenvalue weighted by molar-refractivity contribution is 9.09. The van der Waals surface area contributed by atoms with Crippen LogP contribution >= 0.6 is 15.9 Å². The molecule has 0 aliphatic rings. The van der Waals surface area contributed by atoms with Crippen LogP contribution in [0.4, 0.5) is 0 Å². The van der Waals surface area contributed by atoms with E-state index >= 15 is 0 Å². The van der Waals surface area contributed by atoms with Crippen molar-refractivity contribution in [2.75, 3.05) is 5.33 Å². The Morgan fingerprint density at radius 1 is 0.733 bits per heavy atom. The molecular weight excluding hydrogens is 248 g/mol. The van der Waals surface area contributed by atoms with E-state index in [2.05, 4.69) is 35.0 Å². The lowest BCUT2D eigenvalue weighted by Crippen LogP contribution is -1.80. The standard InChI is InChI=1S/C14H27Br/c1-2-3-4-5-6-7-8-9-10-11-12-13-14-15/h11-12H,2-10,13-14H2,1H3. The van der Waals surface area contributed by atoms with Gasteiger partial charge in [0.05, 0.1) is 0 Å². The highest BCUT2D eigenvalue weighted by Gasteiger charge is 1.90. The quantitative estimate of drug-likeness (QED) is 0.252. The number of hydrogen-bond donors (Lipinski definition) is 0. The first-order valence-corrected chi connectivity index (χ1v) is 7.75. The fraction of sp³-hybridized carbons (Fsp3) is 0.857. The molecule has 0 unspecified atom stereocenters. The topological polar surface area (TPSA) is 0 Å². The number of unbranched alkanes of at least 4 members (excludes halogenated alkanes) is 8. The smallest absolute Gasteiger partial charge is 0.00659 e. The van der Waals surface area contributed by atoms with Gasteiger partial charge in [0.1, 0.15) is 0 Å². The van der Waals surface area contributed by atoms with Crippen LogP contribution in [-0.2, 0) is 0 Å². The maximum absolute atomic E-state index is 3.42. The molecule has 0 fully saturated rings. The van der Waals surface area contributed by atoms with E-state index in [1.54, 1.807) is 0 Å². The van der Waals surface area contributed by atoms with Gasteiger partial charge >= 0.3 is 0 Å². The molecule has 0 rings (SSSR count). The molecule has 0 aliphatic carbocycles. The van der Waals surface area contributed by atoms with Gasteiger partial charge in [0.25, 0.3) is 0 Å². The van der Waals surface area contributed by atoms with E-state index in [0.717, 1.165) is 5.33 Å². The third-order valence-electron chi connectivity index (χ3n) is 2.67. The predicted molar refractivity (Wildman–Crippen MR) is 74.8 cm³/mol. The summed E-state index contributed by atoms with van der Waals surface area (Å²) < 4.78 is 0. The molecule has 0 nitrogen and oxygen atoms in total. The zero-order valence-corrected chi connectivity index (χ0v) is 11.9. The second-order valence-corrected chi connectivity index (χ2v) is 5.01. The fourth-order valence-corrected chi connectivity index (χ4v) is 1.96. The molecular formula is C14H27Br. The lowest BCUT2D eigenvalue weighted by molar-refractivity contribution is 0.577. The zero-order valence-electron chi connectivity index (χ0n) is 10.3. The Hall–Kier alpha value is 0.220. The lowest BCUT2D eigenvalue weighted by Gasteiger charge is -1.99. The zero-order chi connectivity index (χ0) is 11.2. The van der Waals surface area contributed by atoms with Crippen molar-refractivity contribution in [3.05, 3.63) is 12.2 Å². The minimum atomic E-state index is 1.10. The third kappa shape index (κ3) is 14.2. The summed E-state index contributed by atoms with van der Waals surface area (Å²) in [4.78, 5) is 0. The van der Waals surface area contributed by atoms with Crippen LogP contribution in [0.25, 0.3) is 0 Å². The summed E-state index contributed by atoms with van der Waals surface area (Å²) in [5.74, 6) is 0. The number of hydrogen-bond acceptors (Lipinski definition) is 0. The second kappa shape index (κ2) is 14.2. The Bertz CT molecular complexity index is 129. The number of alkyl halides is 1. The average Bonchev–Trinajstić information content (AvgIpc) is 2.26. The predicted octanol–water partition coefficient (Wildman–Crippen LogP) is 5.86. The summed E-state index contributed by atoms with van der Waals surface area (Å²) in [6.45, 7) is 2.28. The van der Waals surface area contributed by atoms with Crippen molar-refractivity contribution in [3.8, 4) is 0 Å². The van der Waals surface area contributed by atoms with Crippen molar-refractivity contribution in [2.45, 2.75) is 71.1 Å². The first-order valence-electron chi connectivity index (χ1n) is 6.62. The average molecular weight is 275 g/mol. The summed E-state index contributed by atoms with van der Waals surface area (Å²) in [5, 5.41) is 1.10. The van der Waals surface area contributed by atoms with Crippen LogP contribution in [0.2, 0.25) is 0 Å². The molecule has 90 valence electrons. The van der Waals surface area contributed by atoms with E-state index in [1.807, 2.05) is 0 Å². The number of allylic oxidation sites excluding steroid dienone is 2. The first kappa shape index (κ1) is 15.2. The number of halogens is 1. The SMILES string of the molecule is CCCCCCCCCCC=CCCBr. The van der Waals surface area contributed by atoms with E-state index in [9.17, 15) is 0 Å². The van der Waals surface area contributed by atoms with Gasteiger partial charge in [-0.3, -0.25) is 0 Å². The molecule has 0 heterocycles. The molecule has 15 heavy (non-hydrogen) atoms. The molecule has 0 radical (unpaired) electrons. The summed E-state index contributed by atoms with van der Waals surface area (Å²) in [6.07, 6.45) is 18.5.